The van der Waals surface area contributed by atoms with Gasteiger partial charge in [0.15, 0.2) is 0 Å². The van der Waals surface area contributed by atoms with Crippen LogP contribution in [0.1, 0.15) is 30.1 Å². The fourth-order valence-electron chi connectivity index (χ4n) is 1.40. The predicted octanol–water partition coefficient (Wildman–Crippen LogP) is 1.86. The summed E-state index contributed by atoms with van der Waals surface area (Å²) in [5.74, 6) is -2.53. The van der Waals surface area contributed by atoms with Crippen LogP contribution in [0.15, 0.2) is 18.2 Å². The number of rotatable bonds is 5. The van der Waals surface area contributed by atoms with Gasteiger partial charge in [0.2, 0.25) is 0 Å². The molecule has 1 aromatic rings. The molecular weight excluding hydrogens is 228 g/mol. The van der Waals surface area contributed by atoms with E-state index in [0.29, 0.717) is 12.8 Å². The fraction of sp³-hybridized carbons (Fsp3) is 0.417. The summed E-state index contributed by atoms with van der Waals surface area (Å²) in [6.45, 7) is 1.91. The van der Waals surface area contributed by atoms with Gasteiger partial charge in [0.05, 0.1) is 6.10 Å². The summed E-state index contributed by atoms with van der Waals surface area (Å²) in [5, 5.41) is 11.4. The normalized spacial score (nSPS) is 12.2. The van der Waals surface area contributed by atoms with E-state index in [1.165, 1.54) is 6.07 Å². The Bertz CT molecular complexity index is 374. The van der Waals surface area contributed by atoms with Crippen molar-refractivity contribution in [3.8, 4) is 0 Å². The minimum Gasteiger partial charge on any atom is -0.393 e. The number of carbonyl (C=O) groups is 1. The second-order valence-corrected chi connectivity index (χ2v) is 3.84. The molecular formula is C12H15F2NO2. The molecule has 0 fully saturated rings. The molecule has 0 aromatic heterocycles. The number of amides is 1. The van der Waals surface area contributed by atoms with Crippen LogP contribution in [0.25, 0.3) is 0 Å². The number of halogens is 2. The molecule has 0 radical (unpaired) electrons. The second-order valence-electron chi connectivity index (χ2n) is 3.84. The zero-order valence-corrected chi connectivity index (χ0v) is 9.54. The van der Waals surface area contributed by atoms with Gasteiger partial charge >= 0.3 is 0 Å². The SMILES string of the molecule is CC(O)CCCNC(=O)c1c(F)cccc1F. The molecule has 17 heavy (non-hydrogen) atoms. The van der Waals surface area contributed by atoms with Crippen LogP contribution in [0.2, 0.25) is 0 Å². The Hall–Kier alpha value is -1.49. The fourth-order valence-corrected chi connectivity index (χ4v) is 1.40. The Kier molecular flexibility index (Phi) is 5.03. The topological polar surface area (TPSA) is 49.3 Å². The van der Waals surface area contributed by atoms with Gasteiger partial charge in [0.25, 0.3) is 5.91 Å². The monoisotopic (exact) mass is 243 g/mol. The van der Waals surface area contributed by atoms with Crippen molar-refractivity contribution in [3.63, 3.8) is 0 Å². The van der Waals surface area contributed by atoms with Gasteiger partial charge in [-0.1, -0.05) is 6.07 Å². The number of aliphatic hydroxyl groups excluding tert-OH is 1. The van der Waals surface area contributed by atoms with E-state index < -0.39 is 29.2 Å². The summed E-state index contributed by atoms with van der Waals surface area (Å²) in [5.41, 5.74) is -0.565. The smallest absolute Gasteiger partial charge is 0.257 e. The summed E-state index contributed by atoms with van der Waals surface area (Å²) >= 11 is 0. The van der Waals surface area contributed by atoms with Crippen molar-refractivity contribution in [2.75, 3.05) is 6.54 Å². The van der Waals surface area contributed by atoms with Gasteiger partial charge in [-0.15, -0.1) is 0 Å². The minimum absolute atomic E-state index is 0.275. The van der Waals surface area contributed by atoms with Gasteiger partial charge in [-0.2, -0.15) is 0 Å². The summed E-state index contributed by atoms with van der Waals surface area (Å²) in [6.07, 6.45) is 0.636. The van der Waals surface area contributed by atoms with Gasteiger partial charge in [0.1, 0.15) is 17.2 Å². The first-order chi connectivity index (χ1) is 8.02. The molecule has 0 aliphatic rings. The van der Waals surface area contributed by atoms with Crippen molar-refractivity contribution in [1.82, 2.24) is 5.32 Å². The van der Waals surface area contributed by atoms with Crippen LogP contribution in [0.5, 0.6) is 0 Å². The zero-order chi connectivity index (χ0) is 12.8. The van der Waals surface area contributed by atoms with Gasteiger partial charge in [-0.05, 0) is 31.9 Å². The summed E-state index contributed by atoms with van der Waals surface area (Å²) in [4.78, 5) is 11.5. The maximum absolute atomic E-state index is 13.2. The summed E-state index contributed by atoms with van der Waals surface area (Å²) in [6, 6.07) is 3.27. The molecule has 0 spiro atoms. The third kappa shape index (κ3) is 4.11. The lowest BCUT2D eigenvalue weighted by Gasteiger charge is -2.07. The average Bonchev–Trinajstić information content (AvgIpc) is 2.24. The Morgan fingerprint density at radius 2 is 2.00 bits per heavy atom. The molecule has 5 heteroatoms. The molecule has 1 amide bonds. The number of nitrogens with one attached hydrogen (secondary N) is 1. The summed E-state index contributed by atoms with van der Waals surface area (Å²) in [7, 11) is 0. The highest BCUT2D eigenvalue weighted by Gasteiger charge is 2.16. The van der Waals surface area contributed by atoms with Crippen LogP contribution in [0, 0.1) is 11.6 Å². The first kappa shape index (κ1) is 13.6. The molecule has 1 unspecified atom stereocenters. The predicted molar refractivity (Wildman–Crippen MR) is 59.6 cm³/mol. The number of benzene rings is 1. The quantitative estimate of drug-likeness (QED) is 0.775. The van der Waals surface area contributed by atoms with Crippen LogP contribution < -0.4 is 5.32 Å². The van der Waals surface area contributed by atoms with Gasteiger partial charge in [-0.3, -0.25) is 4.79 Å². The third-order valence-electron chi connectivity index (χ3n) is 2.27. The van der Waals surface area contributed by atoms with E-state index >= 15 is 0 Å². The Labute approximate surface area is 98.5 Å². The highest BCUT2D eigenvalue weighted by Crippen LogP contribution is 2.11. The van der Waals surface area contributed by atoms with E-state index in [9.17, 15) is 13.6 Å². The molecule has 1 atom stereocenters. The van der Waals surface area contributed by atoms with Crippen LogP contribution >= 0.6 is 0 Å². The van der Waals surface area contributed by atoms with Gasteiger partial charge in [-0.25, -0.2) is 8.78 Å². The third-order valence-corrected chi connectivity index (χ3v) is 2.27. The molecule has 1 aromatic carbocycles. The molecule has 94 valence electrons. The van der Waals surface area contributed by atoms with E-state index in [1.54, 1.807) is 6.92 Å². The molecule has 0 bridgehead atoms. The van der Waals surface area contributed by atoms with Crippen molar-refractivity contribution in [1.29, 1.82) is 0 Å². The van der Waals surface area contributed by atoms with Crippen molar-refractivity contribution in [2.24, 2.45) is 0 Å². The van der Waals surface area contributed by atoms with Crippen molar-refractivity contribution < 1.29 is 18.7 Å². The first-order valence-electron chi connectivity index (χ1n) is 5.42. The van der Waals surface area contributed by atoms with E-state index in [-0.39, 0.29) is 6.54 Å². The molecule has 3 nitrogen and oxygen atoms in total. The highest BCUT2D eigenvalue weighted by atomic mass is 19.1. The molecule has 0 aliphatic carbocycles. The zero-order valence-electron chi connectivity index (χ0n) is 9.54. The Morgan fingerprint density at radius 3 is 2.53 bits per heavy atom. The maximum atomic E-state index is 13.2. The minimum atomic E-state index is -0.877. The van der Waals surface area contributed by atoms with Crippen LogP contribution in [0.4, 0.5) is 8.78 Å². The van der Waals surface area contributed by atoms with Gasteiger partial charge in [0, 0.05) is 6.54 Å². The van der Waals surface area contributed by atoms with E-state index in [2.05, 4.69) is 5.32 Å². The van der Waals surface area contributed by atoms with Crippen molar-refractivity contribution in [2.45, 2.75) is 25.9 Å². The lowest BCUT2D eigenvalue weighted by Crippen LogP contribution is -2.27. The number of hydrogen-bond donors (Lipinski definition) is 2. The Morgan fingerprint density at radius 1 is 1.41 bits per heavy atom. The number of aliphatic hydroxyl groups is 1. The van der Waals surface area contributed by atoms with Crippen LogP contribution in [0.3, 0.4) is 0 Å². The molecule has 1 rings (SSSR count). The number of hydrogen-bond acceptors (Lipinski definition) is 2. The second kappa shape index (κ2) is 6.30. The van der Waals surface area contributed by atoms with Crippen molar-refractivity contribution >= 4 is 5.91 Å². The Balaban J connectivity index is 2.53. The van der Waals surface area contributed by atoms with E-state index in [0.717, 1.165) is 12.1 Å². The maximum Gasteiger partial charge on any atom is 0.257 e. The first-order valence-corrected chi connectivity index (χ1v) is 5.42. The molecule has 0 saturated heterocycles. The van der Waals surface area contributed by atoms with Crippen LogP contribution in [-0.2, 0) is 0 Å². The lowest BCUT2D eigenvalue weighted by atomic mass is 10.1. The van der Waals surface area contributed by atoms with E-state index in [4.69, 9.17) is 5.11 Å². The molecule has 0 saturated carbocycles. The van der Waals surface area contributed by atoms with E-state index in [1.807, 2.05) is 0 Å². The molecule has 0 aliphatic heterocycles. The molecule has 2 N–H and O–H groups in total. The lowest BCUT2D eigenvalue weighted by molar-refractivity contribution is 0.0941. The van der Waals surface area contributed by atoms with Crippen LogP contribution in [-0.4, -0.2) is 23.7 Å². The van der Waals surface area contributed by atoms with Crippen molar-refractivity contribution in [3.05, 3.63) is 35.4 Å². The molecule has 0 heterocycles. The average molecular weight is 243 g/mol. The largest absolute Gasteiger partial charge is 0.393 e. The number of carbonyl (C=O) groups excluding carboxylic acids is 1. The highest BCUT2D eigenvalue weighted by molar-refractivity contribution is 5.94. The van der Waals surface area contributed by atoms with Gasteiger partial charge < -0.3 is 10.4 Å². The standard InChI is InChI=1S/C12H15F2NO2/c1-8(16)4-3-7-15-12(17)11-9(13)5-2-6-10(11)14/h2,5-6,8,16H,3-4,7H2,1H3,(H,15,17). The summed E-state index contributed by atoms with van der Waals surface area (Å²) < 4.78 is 26.4.